The van der Waals surface area contributed by atoms with E-state index in [-0.39, 0.29) is 24.6 Å². The van der Waals surface area contributed by atoms with Gasteiger partial charge in [0.2, 0.25) is 5.91 Å². The molecule has 1 aliphatic heterocycles. The van der Waals surface area contributed by atoms with E-state index in [0.717, 1.165) is 19.4 Å². The van der Waals surface area contributed by atoms with Crippen molar-refractivity contribution in [3.05, 3.63) is 35.9 Å². The van der Waals surface area contributed by atoms with Crippen molar-refractivity contribution in [3.8, 4) is 0 Å². The SMILES string of the molecule is CN(C)C(CNC(=O)CN1CCCC1CO)c1ccccc1. The van der Waals surface area contributed by atoms with Crippen LogP contribution in [0, 0.1) is 0 Å². The van der Waals surface area contributed by atoms with Gasteiger partial charge >= 0.3 is 0 Å². The summed E-state index contributed by atoms with van der Waals surface area (Å²) < 4.78 is 0. The van der Waals surface area contributed by atoms with E-state index in [1.165, 1.54) is 5.56 Å². The summed E-state index contributed by atoms with van der Waals surface area (Å²) in [5, 5.41) is 12.3. The van der Waals surface area contributed by atoms with Crippen LogP contribution < -0.4 is 5.32 Å². The van der Waals surface area contributed by atoms with Gasteiger partial charge in [-0.1, -0.05) is 30.3 Å². The molecule has 22 heavy (non-hydrogen) atoms. The van der Waals surface area contributed by atoms with Crippen molar-refractivity contribution in [2.45, 2.75) is 24.9 Å². The van der Waals surface area contributed by atoms with Gasteiger partial charge in [-0.3, -0.25) is 9.69 Å². The lowest BCUT2D eigenvalue weighted by Gasteiger charge is -2.26. The van der Waals surface area contributed by atoms with Gasteiger partial charge in [0.15, 0.2) is 0 Å². The Balaban J connectivity index is 1.86. The third-order valence-corrected chi connectivity index (χ3v) is 4.36. The summed E-state index contributed by atoms with van der Waals surface area (Å²) >= 11 is 0. The number of hydrogen-bond acceptors (Lipinski definition) is 4. The van der Waals surface area contributed by atoms with E-state index in [4.69, 9.17) is 0 Å². The maximum absolute atomic E-state index is 12.2. The number of amides is 1. The van der Waals surface area contributed by atoms with E-state index in [2.05, 4.69) is 27.2 Å². The minimum atomic E-state index is 0.0307. The fourth-order valence-electron chi connectivity index (χ4n) is 3.03. The highest BCUT2D eigenvalue weighted by Gasteiger charge is 2.25. The van der Waals surface area contributed by atoms with E-state index >= 15 is 0 Å². The van der Waals surface area contributed by atoms with E-state index in [1.54, 1.807) is 0 Å². The van der Waals surface area contributed by atoms with Crippen LogP contribution in [0.25, 0.3) is 0 Å². The number of likely N-dealkylation sites (tertiary alicyclic amines) is 1. The van der Waals surface area contributed by atoms with E-state index in [1.807, 2.05) is 32.3 Å². The average molecular weight is 305 g/mol. The molecular formula is C17H27N3O2. The van der Waals surface area contributed by atoms with Crippen molar-refractivity contribution < 1.29 is 9.90 Å². The summed E-state index contributed by atoms with van der Waals surface area (Å²) in [6.45, 7) is 2.00. The Morgan fingerprint density at radius 2 is 2.14 bits per heavy atom. The molecule has 2 rings (SSSR count). The molecule has 0 saturated carbocycles. The van der Waals surface area contributed by atoms with Gasteiger partial charge in [0.1, 0.15) is 0 Å². The Morgan fingerprint density at radius 1 is 1.41 bits per heavy atom. The Bertz CT molecular complexity index is 464. The lowest BCUT2D eigenvalue weighted by Crippen LogP contribution is -2.43. The summed E-state index contributed by atoms with van der Waals surface area (Å²) in [6, 6.07) is 10.5. The van der Waals surface area contributed by atoms with Gasteiger partial charge in [-0.2, -0.15) is 0 Å². The predicted molar refractivity (Wildman–Crippen MR) is 87.6 cm³/mol. The maximum atomic E-state index is 12.2. The summed E-state index contributed by atoms with van der Waals surface area (Å²) in [4.78, 5) is 16.4. The van der Waals surface area contributed by atoms with Gasteiger partial charge in [-0.15, -0.1) is 0 Å². The van der Waals surface area contributed by atoms with Gasteiger partial charge in [-0.05, 0) is 39.0 Å². The molecule has 1 heterocycles. The van der Waals surface area contributed by atoms with Gasteiger partial charge in [-0.25, -0.2) is 0 Å². The molecule has 0 spiro atoms. The number of aliphatic hydroxyl groups excluding tert-OH is 1. The highest BCUT2D eigenvalue weighted by molar-refractivity contribution is 5.78. The van der Waals surface area contributed by atoms with Gasteiger partial charge in [0.05, 0.1) is 19.2 Å². The van der Waals surface area contributed by atoms with E-state index in [9.17, 15) is 9.90 Å². The molecule has 5 heteroatoms. The zero-order chi connectivity index (χ0) is 15.9. The second-order valence-electron chi connectivity index (χ2n) is 6.14. The van der Waals surface area contributed by atoms with Crippen LogP contribution in [-0.2, 0) is 4.79 Å². The van der Waals surface area contributed by atoms with Crippen LogP contribution in [0.4, 0.5) is 0 Å². The molecule has 2 atom stereocenters. The molecule has 1 amide bonds. The molecule has 1 fully saturated rings. The van der Waals surface area contributed by atoms with Crippen LogP contribution in [0.3, 0.4) is 0 Å². The molecule has 0 bridgehead atoms. The normalized spacial score (nSPS) is 20.3. The van der Waals surface area contributed by atoms with Crippen molar-refractivity contribution in [1.82, 2.24) is 15.1 Å². The zero-order valence-corrected chi connectivity index (χ0v) is 13.5. The molecule has 0 aliphatic carbocycles. The third kappa shape index (κ3) is 4.53. The molecular weight excluding hydrogens is 278 g/mol. The van der Waals surface area contributed by atoms with Crippen LogP contribution in [0.2, 0.25) is 0 Å². The Kier molecular flexibility index (Phi) is 6.36. The van der Waals surface area contributed by atoms with Gasteiger partial charge in [0.25, 0.3) is 0 Å². The Labute approximate surface area is 132 Å². The average Bonchev–Trinajstić information content (AvgIpc) is 2.95. The first-order valence-corrected chi connectivity index (χ1v) is 7.94. The lowest BCUT2D eigenvalue weighted by molar-refractivity contribution is -0.122. The molecule has 1 aromatic carbocycles. The van der Waals surface area contributed by atoms with Crippen LogP contribution in [0.1, 0.15) is 24.4 Å². The molecule has 2 unspecified atom stereocenters. The third-order valence-electron chi connectivity index (χ3n) is 4.36. The number of carbonyl (C=O) groups is 1. The van der Waals surface area contributed by atoms with Crippen LogP contribution in [-0.4, -0.2) is 67.2 Å². The zero-order valence-electron chi connectivity index (χ0n) is 13.5. The predicted octanol–water partition coefficient (Wildman–Crippen LogP) is 0.862. The quantitative estimate of drug-likeness (QED) is 0.785. The van der Waals surface area contributed by atoms with E-state index < -0.39 is 0 Å². The summed E-state index contributed by atoms with van der Waals surface area (Å²) in [5.41, 5.74) is 1.20. The minimum absolute atomic E-state index is 0.0307. The molecule has 1 aromatic rings. The van der Waals surface area contributed by atoms with Crippen molar-refractivity contribution in [2.24, 2.45) is 0 Å². The molecule has 122 valence electrons. The first-order chi connectivity index (χ1) is 10.6. The number of carbonyl (C=O) groups excluding carboxylic acids is 1. The number of rotatable bonds is 7. The number of aliphatic hydroxyl groups is 1. The van der Waals surface area contributed by atoms with Crippen molar-refractivity contribution >= 4 is 5.91 Å². The maximum Gasteiger partial charge on any atom is 0.234 e. The Hall–Kier alpha value is -1.43. The first-order valence-electron chi connectivity index (χ1n) is 7.94. The fourth-order valence-corrected chi connectivity index (χ4v) is 3.03. The molecule has 2 N–H and O–H groups in total. The van der Waals surface area contributed by atoms with Gasteiger partial charge < -0.3 is 15.3 Å². The molecule has 0 aromatic heterocycles. The number of nitrogens with one attached hydrogen (secondary N) is 1. The second-order valence-corrected chi connectivity index (χ2v) is 6.14. The monoisotopic (exact) mass is 305 g/mol. The van der Waals surface area contributed by atoms with Crippen LogP contribution in [0.5, 0.6) is 0 Å². The second kappa shape index (κ2) is 8.27. The highest BCUT2D eigenvalue weighted by Crippen LogP contribution is 2.17. The number of nitrogens with zero attached hydrogens (tertiary/aromatic N) is 2. The van der Waals surface area contributed by atoms with Crippen molar-refractivity contribution in [3.63, 3.8) is 0 Å². The van der Waals surface area contributed by atoms with Gasteiger partial charge in [0, 0.05) is 12.6 Å². The first kappa shape index (κ1) is 16.9. The van der Waals surface area contributed by atoms with E-state index in [0.29, 0.717) is 13.1 Å². The number of benzene rings is 1. The molecule has 0 radical (unpaired) electrons. The summed E-state index contributed by atoms with van der Waals surface area (Å²) in [6.07, 6.45) is 2.04. The molecule has 1 aliphatic rings. The Morgan fingerprint density at radius 3 is 2.77 bits per heavy atom. The van der Waals surface area contributed by atoms with Crippen LogP contribution >= 0.6 is 0 Å². The van der Waals surface area contributed by atoms with Crippen molar-refractivity contribution in [2.75, 3.05) is 40.3 Å². The fraction of sp³-hybridized carbons (Fsp3) is 0.588. The lowest BCUT2D eigenvalue weighted by atomic mass is 10.1. The van der Waals surface area contributed by atoms with Crippen molar-refractivity contribution in [1.29, 1.82) is 0 Å². The number of likely N-dealkylation sites (N-methyl/N-ethyl adjacent to an activating group) is 1. The highest BCUT2D eigenvalue weighted by atomic mass is 16.3. The summed E-state index contributed by atoms with van der Waals surface area (Å²) in [7, 11) is 4.04. The largest absolute Gasteiger partial charge is 0.395 e. The summed E-state index contributed by atoms with van der Waals surface area (Å²) in [5.74, 6) is 0.0307. The smallest absolute Gasteiger partial charge is 0.234 e. The standard InChI is InChI=1S/C17H27N3O2/c1-19(2)16(14-7-4-3-5-8-14)11-18-17(22)12-20-10-6-9-15(20)13-21/h3-5,7-8,15-16,21H,6,9-13H2,1-2H3,(H,18,22). The molecule has 1 saturated heterocycles. The molecule has 5 nitrogen and oxygen atoms in total. The topological polar surface area (TPSA) is 55.8 Å². The van der Waals surface area contributed by atoms with Crippen LogP contribution in [0.15, 0.2) is 30.3 Å². The minimum Gasteiger partial charge on any atom is -0.395 e. The number of hydrogen-bond donors (Lipinski definition) is 2.